The summed E-state index contributed by atoms with van der Waals surface area (Å²) in [4.78, 5) is 10.8. The molecular formula is C7H12F2O2S. The second-order valence-corrected chi connectivity index (χ2v) is 3.44. The predicted molar refractivity (Wildman–Crippen MR) is 44.3 cm³/mol. The van der Waals surface area contributed by atoms with Gasteiger partial charge in [0.1, 0.15) is 0 Å². The molecule has 1 atom stereocenters. The van der Waals surface area contributed by atoms with Gasteiger partial charge in [0, 0.05) is 0 Å². The highest BCUT2D eigenvalue weighted by molar-refractivity contribution is 7.99. The van der Waals surface area contributed by atoms with Crippen LogP contribution in [0.4, 0.5) is 8.78 Å². The molecule has 0 aromatic heterocycles. The van der Waals surface area contributed by atoms with Crippen molar-refractivity contribution in [2.24, 2.45) is 5.92 Å². The van der Waals surface area contributed by atoms with Crippen LogP contribution in [0.1, 0.15) is 13.3 Å². The van der Waals surface area contributed by atoms with Gasteiger partial charge in [-0.05, 0) is 12.2 Å². The highest BCUT2D eigenvalue weighted by Crippen LogP contribution is 2.17. The van der Waals surface area contributed by atoms with Crippen LogP contribution >= 0.6 is 11.8 Å². The van der Waals surface area contributed by atoms with Crippen LogP contribution in [0.15, 0.2) is 0 Å². The van der Waals surface area contributed by atoms with Crippen molar-refractivity contribution >= 4 is 17.7 Å². The van der Waals surface area contributed by atoms with Gasteiger partial charge in [-0.25, -0.2) is 0 Å². The van der Waals surface area contributed by atoms with Crippen molar-refractivity contribution in [2.45, 2.75) is 19.1 Å². The summed E-state index contributed by atoms with van der Waals surface area (Å²) in [6, 6.07) is 0. The van der Waals surface area contributed by atoms with E-state index in [9.17, 15) is 13.6 Å². The molecule has 0 bridgehead atoms. The van der Waals surface area contributed by atoms with E-state index in [4.69, 9.17) is 0 Å². The van der Waals surface area contributed by atoms with Crippen LogP contribution in [-0.2, 0) is 9.53 Å². The fourth-order valence-electron chi connectivity index (χ4n) is 0.653. The molecule has 0 aromatic rings. The Hall–Kier alpha value is -0.320. The normalized spacial score (nSPS) is 13.1. The first-order valence-electron chi connectivity index (χ1n) is 3.55. The van der Waals surface area contributed by atoms with Gasteiger partial charge in [0.05, 0.1) is 13.0 Å². The van der Waals surface area contributed by atoms with E-state index in [1.54, 1.807) is 6.92 Å². The standard InChI is InChI=1S/C7H12F2O2S/c1-5(6(10)11-2)3-4-12-7(8)9/h5,7H,3-4H2,1-2H3/t5-/m0/s1. The van der Waals surface area contributed by atoms with E-state index < -0.39 is 5.76 Å². The lowest BCUT2D eigenvalue weighted by atomic mass is 10.1. The van der Waals surface area contributed by atoms with Gasteiger partial charge in [0.15, 0.2) is 0 Å². The minimum Gasteiger partial charge on any atom is -0.469 e. The lowest BCUT2D eigenvalue weighted by molar-refractivity contribution is -0.144. The van der Waals surface area contributed by atoms with E-state index >= 15 is 0 Å². The number of methoxy groups -OCH3 is 1. The van der Waals surface area contributed by atoms with Crippen LogP contribution in [0.5, 0.6) is 0 Å². The van der Waals surface area contributed by atoms with Crippen molar-refractivity contribution in [1.29, 1.82) is 0 Å². The number of hydrogen-bond acceptors (Lipinski definition) is 3. The number of rotatable bonds is 5. The predicted octanol–water partition coefficient (Wildman–Crippen LogP) is 2.14. The first-order valence-corrected chi connectivity index (χ1v) is 4.60. The molecule has 2 nitrogen and oxygen atoms in total. The molecule has 0 aliphatic heterocycles. The molecule has 0 radical (unpaired) electrons. The molecule has 0 fully saturated rings. The smallest absolute Gasteiger partial charge is 0.308 e. The molecule has 0 amide bonds. The number of carbonyl (C=O) groups excluding carboxylic acids is 1. The molecule has 0 aliphatic carbocycles. The highest BCUT2D eigenvalue weighted by atomic mass is 32.2. The zero-order valence-electron chi connectivity index (χ0n) is 7.05. The largest absolute Gasteiger partial charge is 0.469 e. The average molecular weight is 198 g/mol. The molecule has 0 saturated heterocycles. The summed E-state index contributed by atoms with van der Waals surface area (Å²) in [5.74, 6) is -2.70. The van der Waals surface area contributed by atoms with Crippen LogP contribution < -0.4 is 0 Å². The Balaban J connectivity index is 3.43. The maximum absolute atomic E-state index is 11.6. The van der Waals surface area contributed by atoms with Gasteiger partial charge >= 0.3 is 5.97 Å². The summed E-state index contributed by atoms with van der Waals surface area (Å²) in [5.41, 5.74) is 0. The van der Waals surface area contributed by atoms with Crippen molar-refractivity contribution in [2.75, 3.05) is 12.9 Å². The van der Waals surface area contributed by atoms with E-state index in [0.29, 0.717) is 18.2 Å². The topological polar surface area (TPSA) is 26.3 Å². The lowest BCUT2D eigenvalue weighted by Crippen LogP contribution is -2.13. The molecule has 5 heteroatoms. The second-order valence-electron chi connectivity index (χ2n) is 2.34. The van der Waals surface area contributed by atoms with Gasteiger partial charge in [-0.1, -0.05) is 18.7 Å². The van der Waals surface area contributed by atoms with Crippen molar-refractivity contribution < 1.29 is 18.3 Å². The van der Waals surface area contributed by atoms with Crippen molar-refractivity contribution in [1.82, 2.24) is 0 Å². The fraction of sp³-hybridized carbons (Fsp3) is 0.857. The third-order valence-electron chi connectivity index (χ3n) is 1.40. The number of thioether (sulfide) groups is 1. The summed E-state index contributed by atoms with van der Waals surface area (Å²) < 4.78 is 27.7. The Bertz CT molecular complexity index is 141. The lowest BCUT2D eigenvalue weighted by Gasteiger charge is -2.07. The van der Waals surface area contributed by atoms with Crippen LogP contribution in [0.2, 0.25) is 0 Å². The minimum absolute atomic E-state index is 0.286. The summed E-state index contributed by atoms with van der Waals surface area (Å²) in [6.07, 6.45) is 0.432. The third kappa shape index (κ3) is 5.35. The highest BCUT2D eigenvalue weighted by Gasteiger charge is 2.13. The minimum atomic E-state index is -2.35. The van der Waals surface area contributed by atoms with Gasteiger partial charge in [-0.2, -0.15) is 8.78 Å². The summed E-state index contributed by atoms with van der Waals surface area (Å²) >= 11 is 0.546. The van der Waals surface area contributed by atoms with Crippen molar-refractivity contribution in [3.8, 4) is 0 Å². The van der Waals surface area contributed by atoms with Crippen LogP contribution in [0.25, 0.3) is 0 Å². The Morgan fingerprint density at radius 3 is 2.58 bits per heavy atom. The molecule has 0 heterocycles. The van der Waals surface area contributed by atoms with E-state index in [1.807, 2.05) is 0 Å². The van der Waals surface area contributed by atoms with Gasteiger partial charge in [0.25, 0.3) is 5.76 Å². The molecule has 0 aromatic carbocycles. The Morgan fingerprint density at radius 1 is 1.58 bits per heavy atom. The van der Waals surface area contributed by atoms with E-state index in [1.165, 1.54) is 7.11 Å². The third-order valence-corrected chi connectivity index (χ3v) is 2.12. The number of carbonyl (C=O) groups is 1. The molecule has 0 unspecified atom stereocenters. The molecular weight excluding hydrogens is 186 g/mol. The number of halogens is 2. The van der Waals surface area contributed by atoms with Crippen molar-refractivity contribution in [3.05, 3.63) is 0 Å². The first kappa shape index (κ1) is 11.7. The molecule has 12 heavy (non-hydrogen) atoms. The van der Waals surface area contributed by atoms with Gasteiger partial charge in [0.2, 0.25) is 0 Å². The average Bonchev–Trinajstić information content (AvgIpc) is 2.02. The van der Waals surface area contributed by atoms with Gasteiger partial charge in [-0.15, -0.1) is 0 Å². The maximum Gasteiger partial charge on any atom is 0.308 e. The summed E-state index contributed by atoms with van der Waals surface area (Å²) in [6.45, 7) is 1.66. The summed E-state index contributed by atoms with van der Waals surface area (Å²) in [5, 5.41) is 0. The zero-order valence-corrected chi connectivity index (χ0v) is 7.87. The maximum atomic E-state index is 11.6. The summed E-state index contributed by atoms with van der Waals surface area (Å²) in [7, 11) is 1.29. The van der Waals surface area contributed by atoms with Crippen LogP contribution in [-0.4, -0.2) is 24.6 Å². The monoisotopic (exact) mass is 198 g/mol. The zero-order chi connectivity index (χ0) is 9.56. The second kappa shape index (κ2) is 6.22. The Morgan fingerprint density at radius 2 is 2.17 bits per heavy atom. The SMILES string of the molecule is COC(=O)[C@@H](C)CCSC(F)F. The molecule has 0 N–H and O–H groups in total. The number of esters is 1. The molecule has 0 rings (SSSR count). The fourth-order valence-corrected chi connectivity index (χ4v) is 1.32. The molecule has 0 saturated carbocycles. The van der Waals surface area contributed by atoms with Crippen molar-refractivity contribution in [3.63, 3.8) is 0 Å². The first-order chi connectivity index (χ1) is 5.57. The molecule has 0 aliphatic rings. The number of hydrogen-bond donors (Lipinski definition) is 0. The number of ether oxygens (including phenoxy) is 1. The van der Waals surface area contributed by atoms with E-state index in [2.05, 4.69) is 4.74 Å². The van der Waals surface area contributed by atoms with Crippen LogP contribution in [0.3, 0.4) is 0 Å². The van der Waals surface area contributed by atoms with Crippen LogP contribution in [0, 0.1) is 5.92 Å². The van der Waals surface area contributed by atoms with E-state index in [-0.39, 0.29) is 17.6 Å². The Kier molecular flexibility index (Phi) is 6.06. The molecule has 72 valence electrons. The molecule has 0 spiro atoms. The number of alkyl halides is 2. The Labute approximate surface area is 74.7 Å². The quantitative estimate of drug-likeness (QED) is 0.633. The van der Waals surface area contributed by atoms with Gasteiger partial charge in [-0.3, -0.25) is 4.79 Å². The van der Waals surface area contributed by atoms with Gasteiger partial charge < -0.3 is 4.74 Å². The van der Waals surface area contributed by atoms with E-state index in [0.717, 1.165) is 0 Å².